The quantitative estimate of drug-likeness (QED) is 0.559. The lowest BCUT2D eigenvalue weighted by molar-refractivity contribution is 0.0648. The van der Waals surface area contributed by atoms with E-state index in [1.165, 1.54) is 24.3 Å². The Morgan fingerprint density at radius 3 is 1.71 bits per heavy atom. The van der Waals surface area contributed by atoms with Gasteiger partial charge in [0.1, 0.15) is 5.75 Å². The van der Waals surface area contributed by atoms with Crippen LogP contribution >= 0.6 is 0 Å². The topological polar surface area (TPSA) is 138 Å². The van der Waals surface area contributed by atoms with E-state index in [0.717, 1.165) is 18.2 Å². The van der Waals surface area contributed by atoms with Crippen LogP contribution in [0.1, 0.15) is 41.4 Å². The van der Waals surface area contributed by atoms with Gasteiger partial charge in [-0.1, -0.05) is 12.1 Å². The molecule has 0 aliphatic carbocycles. The molecular weight excluding hydrogens is 320 g/mol. The number of esters is 1. The summed E-state index contributed by atoms with van der Waals surface area (Å²) in [4.78, 5) is 45.2. The zero-order valence-electron chi connectivity index (χ0n) is 11.9. The zero-order chi connectivity index (χ0) is 17.9. The maximum atomic E-state index is 12.1. The van der Waals surface area contributed by atoms with Crippen LogP contribution in [0.4, 0.5) is 0 Å². The first kappa shape index (κ1) is 16.7. The summed E-state index contributed by atoms with van der Waals surface area (Å²) in [6.45, 7) is 0. The predicted octanol–water partition coefficient (Wildman–Crippen LogP) is 2.00. The molecule has 0 aliphatic rings. The van der Waals surface area contributed by atoms with Gasteiger partial charge in [0.05, 0.1) is 22.3 Å². The van der Waals surface area contributed by atoms with Gasteiger partial charge < -0.3 is 20.1 Å². The lowest BCUT2D eigenvalue weighted by atomic mass is 10.1. The Morgan fingerprint density at radius 2 is 1.17 bits per heavy atom. The molecule has 8 heteroatoms. The maximum absolute atomic E-state index is 12.1. The van der Waals surface area contributed by atoms with E-state index in [-0.39, 0.29) is 16.9 Å². The van der Waals surface area contributed by atoms with Crippen molar-refractivity contribution in [2.45, 2.75) is 0 Å². The van der Waals surface area contributed by atoms with Crippen molar-refractivity contribution in [2.24, 2.45) is 0 Å². The Kier molecular flexibility index (Phi) is 4.60. The first-order valence-corrected chi connectivity index (χ1v) is 6.46. The molecule has 2 rings (SSSR count). The molecule has 0 unspecified atom stereocenters. The maximum Gasteiger partial charge on any atom is 0.344 e. The first-order chi connectivity index (χ1) is 11.3. The van der Waals surface area contributed by atoms with Crippen LogP contribution in [-0.4, -0.2) is 39.2 Å². The third-order valence-electron chi connectivity index (χ3n) is 3.04. The number of carboxylic acid groups (broad SMARTS) is 3. The van der Waals surface area contributed by atoms with Gasteiger partial charge in [-0.2, -0.15) is 0 Å². The summed E-state index contributed by atoms with van der Waals surface area (Å²) in [7, 11) is 0. The van der Waals surface area contributed by atoms with Crippen LogP contribution in [0.3, 0.4) is 0 Å². The molecule has 0 aliphatic heterocycles. The fourth-order valence-electron chi connectivity index (χ4n) is 1.96. The van der Waals surface area contributed by atoms with E-state index < -0.39 is 35.0 Å². The van der Waals surface area contributed by atoms with E-state index in [9.17, 15) is 19.2 Å². The number of carbonyl (C=O) groups excluding carboxylic acids is 1. The summed E-state index contributed by atoms with van der Waals surface area (Å²) >= 11 is 0. The van der Waals surface area contributed by atoms with E-state index >= 15 is 0 Å². The molecule has 3 N–H and O–H groups in total. The van der Waals surface area contributed by atoms with E-state index in [2.05, 4.69) is 0 Å². The Labute approximate surface area is 134 Å². The minimum atomic E-state index is -1.50. The highest BCUT2D eigenvalue weighted by Gasteiger charge is 2.20. The van der Waals surface area contributed by atoms with Gasteiger partial charge in [-0.05, 0) is 30.3 Å². The molecule has 24 heavy (non-hydrogen) atoms. The Bertz CT molecular complexity index is 853. The number of carboxylic acids is 3. The van der Waals surface area contributed by atoms with Gasteiger partial charge in [-0.25, -0.2) is 19.2 Å². The third-order valence-corrected chi connectivity index (χ3v) is 3.04. The highest BCUT2D eigenvalue weighted by Crippen LogP contribution is 2.20. The molecule has 0 fully saturated rings. The van der Waals surface area contributed by atoms with Gasteiger partial charge in [0.15, 0.2) is 0 Å². The summed E-state index contributed by atoms with van der Waals surface area (Å²) in [6, 6.07) is 8.32. The molecule has 0 atom stereocenters. The van der Waals surface area contributed by atoms with Crippen molar-refractivity contribution >= 4 is 23.9 Å². The second-order valence-electron chi connectivity index (χ2n) is 4.56. The van der Waals surface area contributed by atoms with Crippen molar-refractivity contribution in [3.8, 4) is 5.75 Å². The average Bonchev–Trinajstić information content (AvgIpc) is 2.54. The van der Waals surface area contributed by atoms with Crippen molar-refractivity contribution in [1.29, 1.82) is 0 Å². The number of carbonyl (C=O) groups is 4. The third kappa shape index (κ3) is 3.38. The molecule has 0 aromatic heterocycles. The second-order valence-corrected chi connectivity index (χ2v) is 4.56. The Morgan fingerprint density at radius 1 is 0.667 bits per heavy atom. The lowest BCUT2D eigenvalue weighted by Gasteiger charge is -2.08. The normalized spacial score (nSPS) is 10.0. The molecule has 122 valence electrons. The average molecular weight is 330 g/mol. The number of hydrogen-bond donors (Lipinski definition) is 3. The standard InChI is InChI=1S/C16H10O8/c17-13(18)9-3-1-2-4-11(9)16(23)24-8-5-6-10(14(19)20)12(7-8)15(21)22/h1-7H,(H,17,18)(H,19,20)(H,21,22). The van der Waals surface area contributed by atoms with E-state index in [4.69, 9.17) is 20.1 Å². The second kappa shape index (κ2) is 6.61. The van der Waals surface area contributed by atoms with E-state index in [1.54, 1.807) is 0 Å². The minimum absolute atomic E-state index is 0.218. The number of aromatic carboxylic acids is 3. The SMILES string of the molecule is O=C(O)c1ccc(OC(=O)c2ccccc2C(=O)O)cc1C(=O)O. The smallest absolute Gasteiger partial charge is 0.344 e. The molecule has 2 aromatic rings. The van der Waals surface area contributed by atoms with Crippen LogP contribution < -0.4 is 4.74 Å². The predicted molar refractivity (Wildman–Crippen MR) is 78.7 cm³/mol. The Balaban J connectivity index is 2.37. The summed E-state index contributed by atoms with van der Waals surface area (Å²) in [6.07, 6.45) is 0. The van der Waals surface area contributed by atoms with Gasteiger partial charge in [0, 0.05) is 0 Å². The lowest BCUT2D eigenvalue weighted by Crippen LogP contribution is -2.15. The largest absolute Gasteiger partial charge is 0.478 e. The van der Waals surface area contributed by atoms with Gasteiger partial charge in [-0.3, -0.25) is 0 Å². The molecule has 0 radical (unpaired) electrons. The molecule has 0 saturated heterocycles. The monoisotopic (exact) mass is 330 g/mol. The van der Waals surface area contributed by atoms with Crippen LogP contribution in [0.15, 0.2) is 42.5 Å². The summed E-state index contributed by atoms with van der Waals surface area (Å²) in [5.74, 6) is -5.50. The van der Waals surface area contributed by atoms with Crippen LogP contribution in [0.5, 0.6) is 5.75 Å². The number of hydrogen-bond acceptors (Lipinski definition) is 5. The molecule has 0 heterocycles. The molecule has 0 bridgehead atoms. The van der Waals surface area contributed by atoms with Crippen molar-refractivity contribution in [2.75, 3.05) is 0 Å². The number of ether oxygens (including phenoxy) is 1. The first-order valence-electron chi connectivity index (χ1n) is 6.46. The van der Waals surface area contributed by atoms with E-state index in [0.29, 0.717) is 0 Å². The van der Waals surface area contributed by atoms with Crippen LogP contribution in [-0.2, 0) is 0 Å². The highest BCUT2D eigenvalue weighted by atomic mass is 16.5. The van der Waals surface area contributed by atoms with E-state index in [1.807, 2.05) is 0 Å². The van der Waals surface area contributed by atoms with Crippen molar-refractivity contribution < 1.29 is 39.2 Å². The fraction of sp³-hybridized carbons (Fsp3) is 0. The molecule has 8 nitrogen and oxygen atoms in total. The minimum Gasteiger partial charge on any atom is -0.478 e. The zero-order valence-corrected chi connectivity index (χ0v) is 11.9. The van der Waals surface area contributed by atoms with Crippen LogP contribution in [0.2, 0.25) is 0 Å². The molecule has 0 amide bonds. The van der Waals surface area contributed by atoms with Crippen LogP contribution in [0, 0.1) is 0 Å². The molecule has 0 spiro atoms. The van der Waals surface area contributed by atoms with Crippen molar-refractivity contribution in [3.05, 3.63) is 64.7 Å². The fourth-order valence-corrected chi connectivity index (χ4v) is 1.96. The van der Waals surface area contributed by atoms with Gasteiger partial charge in [0.2, 0.25) is 0 Å². The Hall–Kier alpha value is -3.68. The summed E-state index contributed by atoms with van der Waals surface area (Å²) < 4.78 is 4.96. The van der Waals surface area contributed by atoms with Gasteiger partial charge in [-0.15, -0.1) is 0 Å². The molecular formula is C16H10O8. The molecule has 2 aromatic carbocycles. The summed E-state index contributed by atoms with van der Waals surface area (Å²) in [5, 5.41) is 27.0. The van der Waals surface area contributed by atoms with Crippen molar-refractivity contribution in [3.63, 3.8) is 0 Å². The van der Waals surface area contributed by atoms with Gasteiger partial charge >= 0.3 is 23.9 Å². The number of benzene rings is 2. The van der Waals surface area contributed by atoms with Gasteiger partial charge in [0.25, 0.3) is 0 Å². The summed E-state index contributed by atoms with van der Waals surface area (Å²) in [5.41, 5.74) is -1.51. The van der Waals surface area contributed by atoms with Crippen LogP contribution in [0.25, 0.3) is 0 Å². The highest BCUT2D eigenvalue weighted by molar-refractivity contribution is 6.04. The number of rotatable bonds is 5. The molecule has 0 saturated carbocycles. The van der Waals surface area contributed by atoms with Crippen molar-refractivity contribution in [1.82, 2.24) is 0 Å².